The molecular weight excluding hydrogens is 304 g/mol. The first-order valence-corrected chi connectivity index (χ1v) is 9.06. The van der Waals surface area contributed by atoms with Crippen molar-refractivity contribution in [3.05, 3.63) is 35.9 Å². The number of hydrogen-bond acceptors (Lipinski definition) is 4. The van der Waals surface area contributed by atoms with Gasteiger partial charge in [-0.25, -0.2) is 0 Å². The predicted molar refractivity (Wildman–Crippen MR) is 92.5 cm³/mol. The van der Waals surface area contributed by atoms with Crippen molar-refractivity contribution in [2.24, 2.45) is 5.73 Å². The molecule has 5 heteroatoms. The number of nitrogens with two attached hydrogens (primary N) is 1. The fraction of sp³-hybridized carbons (Fsp3) is 0.632. The molecule has 2 aliphatic rings. The molecule has 24 heavy (non-hydrogen) atoms. The minimum Gasteiger partial charge on any atom is -0.376 e. The number of benzene rings is 1. The molecule has 0 spiro atoms. The van der Waals surface area contributed by atoms with Crippen molar-refractivity contribution in [1.29, 1.82) is 0 Å². The van der Waals surface area contributed by atoms with Gasteiger partial charge in [0.05, 0.1) is 18.8 Å². The third-order valence-electron chi connectivity index (χ3n) is 4.97. The number of piperidine rings is 1. The molecule has 1 aromatic carbocycles. The fourth-order valence-electron chi connectivity index (χ4n) is 3.42. The van der Waals surface area contributed by atoms with Gasteiger partial charge in [0.2, 0.25) is 5.91 Å². The van der Waals surface area contributed by atoms with Crippen molar-refractivity contribution in [3.8, 4) is 0 Å². The van der Waals surface area contributed by atoms with Gasteiger partial charge in [0, 0.05) is 19.7 Å². The maximum Gasteiger partial charge on any atom is 0.244 e. The zero-order valence-electron chi connectivity index (χ0n) is 14.2. The Bertz CT molecular complexity index is 509. The molecular formula is C19H28N2O3. The number of hydrogen-bond donors (Lipinski definition) is 1. The average Bonchev–Trinajstić information content (AvgIpc) is 2.67. The van der Waals surface area contributed by atoms with Gasteiger partial charge in [0.25, 0.3) is 0 Å². The molecule has 1 amide bonds. The Morgan fingerprint density at radius 3 is 2.62 bits per heavy atom. The normalized spacial score (nSPS) is 23.9. The molecule has 0 saturated carbocycles. The van der Waals surface area contributed by atoms with Gasteiger partial charge in [0.1, 0.15) is 6.04 Å². The molecule has 2 fully saturated rings. The number of nitrogens with zero attached hydrogens (tertiary/aromatic N) is 1. The van der Waals surface area contributed by atoms with E-state index in [-0.39, 0.29) is 18.1 Å². The van der Waals surface area contributed by atoms with Crippen LogP contribution in [0.1, 0.15) is 43.7 Å². The summed E-state index contributed by atoms with van der Waals surface area (Å²) in [5.74, 6) is 0.00950. The summed E-state index contributed by atoms with van der Waals surface area (Å²) < 4.78 is 11.7. The number of carbonyl (C=O) groups excluding carboxylic acids is 1. The fourth-order valence-corrected chi connectivity index (χ4v) is 3.42. The summed E-state index contributed by atoms with van der Waals surface area (Å²) in [6.07, 6.45) is 5.73. The van der Waals surface area contributed by atoms with Crippen LogP contribution >= 0.6 is 0 Å². The van der Waals surface area contributed by atoms with Crippen LogP contribution in [-0.4, -0.2) is 49.3 Å². The van der Waals surface area contributed by atoms with E-state index < -0.39 is 6.04 Å². The monoisotopic (exact) mass is 332 g/mol. The van der Waals surface area contributed by atoms with Gasteiger partial charge in [-0.2, -0.15) is 0 Å². The number of ether oxygens (including phenoxy) is 2. The lowest BCUT2D eigenvalue weighted by Gasteiger charge is -2.34. The Kier molecular flexibility index (Phi) is 6.24. The van der Waals surface area contributed by atoms with Gasteiger partial charge in [-0.05, 0) is 37.7 Å². The van der Waals surface area contributed by atoms with Crippen molar-refractivity contribution < 1.29 is 14.3 Å². The standard InChI is InChI=1S/C19H28N2O3/c20-18(15-6-2-1-3-7-15)19(22)21-11-9-16(10-12-21)24-14-17-8-4-5-13-23-17/h1-3,6-7,16-18H,4-5,8-14,20H2/t17-,18-/m1/s1. The summed E-state index contributed by atoms with van der Waals surface area (Å²) in [4.78, 5) is 14.4. The summed E-state index contributed by atoms with van der Waals surface area (Å²) >= 11 is 0. The Hall–Kier alpha value is -1.43. The summed E-state index contributed by atoms with van der Waals surface area (Å²) in [5, 5.41) is 0. The molecule has 2 aliphatic heterocycles. The third-order valence-corrected chi connectivity index (χ3v) is 4.97. The second-order valence-electron chi connectivity index (χ2n) is 6.73. The SMILES string of the molecule is N[C@@H](C(=O)N1CCC(OC[C@H]2CCCCO2)CC1)c1ccccc1. The maximum atomic E-state index is 12.6. The molecule has 3 rings (SSSR count). The average molecular weight is 332 g/mol. The first-order valence-electron chi connectivity index (χ1n) is 9.06. The predicted octanol–water partition coefficient (Wildman–Crippen LogP) is 2.26. The molecule has 0 aliphatic carbocycles. The lowest BCUT2D eigenvalue weighted by atomic mass is 10.0. The summed E-state index contributed by atoms with van der Waals surface area (Å²) in [5.41, 5.74) is 6.99. The van der Waals surface area contributed by atoms with E-state index in [2.05, 4.69) is 0 Å². The zero-order valence-corrected chi connectivity index (χ0v) is 14.2. The van der Waals surface area contributed by atoms with E-state index in [4.69, 9.17) is 15.2 Å². The minimum atomic E-state index is -0.570. The van der Waals surface area contributed by atoms with E-state index in [0.717, 1.165) is 44.5 Å². The van der Waals surface area contributed by atoms with Crippen molar-refractivity contribution in [1.82, 2.24) is 4.90 Å². The van der Waals surface area contributed by atoms with E-state index in [1.807, 2.05) is 35.2 Å². The van der Waals surface area contributed by atoms with Crippen LogP contribution < -0.4 is 5.73 Å². The number of rotatable bonds is 5. The molecule has 0 radical (unpaired) electrons. The molecule has 0 aromatic heterocycles. The van der Waals surface area contributed by atoms with Crippen LogP contribution in [0.3, 0.4) is 0 Å². The Labute approximate surface area is 144 Å². The van der Waals surface area contributed by atoms with Crippen LogP contribution in [0.25, 0.3) is 0 Å². The molecule has 2 heterocycles. The quantitative estimate of drug-likeness (QED) is 0.898. The smallest absolute Gasteiger partial charge is 0.244 e. The molecule has 132 valence electrons. The van der Waals surface area contributed by atoms with Crippen molar-refractivity contribution in [2.45, 2.75) is 50.4 Å². The lowest BCUT2D eigenvalue weighted by Crippen LogP contribution is -2.45. The molecule has 2 atom stereocenters. The molecule has 0 bridgehead atoms. The number of carbonyl (C=O) groups is 1. The zero-order chi connectivity index (χ0) is 16.8. The van der Waals surface area contributed by atoms with Gasteiger partial charge in [-0.1, -0.05) is 30.3 Å². The van der Waals surface area contributed by atoms with Crippen LogP contribution in [0.2, 0.25) is 0 Å². The summed E-state index contributed by atoms with van der Waals surface area (Å²) in [7, 11) is 0. The van der Waals surface area contributed by atoms with Crippen LogP contribution in [0, 0.1) is 0 Å². The van der Waals surface area contributed by atoms with Crippen molar-refractivity contribution >= 4 is 5.91 Å². The summed E-state index contributed by atoms with van der Waals surface area (Å²) in [6.45, 7) is 2.98. The highest BCUT2D eigenvalue weighted by atomic mass is 16.5. The number of amides is 1. The van der Waals surface area contributed by atoms with Gasteiger partial charge in [-0.15, -0.1) is 0 Å². The van der Waals surface area contributed by atoms with Gasteiger partial charge < -0.3 is 20.1 Å². The van der Waals surface area contributed by atoms with E-state index in [9.17, 15) is 4.79 Å². The Balaban J connectivity index is 1.42. The van der Waals surface area contributed by atoms with Gasteiger partial charge >= 0.3 is 0 Å². The maximum absolute atomic E-state index is 12.6. The van der Waals surface area contributed by atoms with Gasteiger partial charge in [-0.3, -0.25) is 4.79 Å². The molecule has 2 saturated heterocycles. The molecule has 2 N–H and O–H groups in total. The van der Waals surface area contributed by atoms with E-state index in [1.165, 1.54) is 12.8 Å². The van der Waals surface area contributed by atoms with Crippen LogP contribution in [0.4, 0.5) is 0 Å². The topological polar surface area (TPSA) is 64.8 Å². The largest absolute Gasteiger partial charge is 0.376 e. The van der Waals surface area contributed by atoms with Crippen LogP contribution in [0.5, 0.6) is 0 Å². The van der Waals surface area contributed by atoms with Crippen LogP contribution in [0.15, 0.2) is 30.3 Å². The first kappa shape index (κ1) is 17.4. The van der Waals surface area contributed by atoms with E-state index in [1.54, 1.807) is 0 Å². The molecule has 1 aromatic rings. The minimum absolute atomic E-state index is 0.00950. The summed E-state index contributed by atoms with van der Waals surface area (Å²) in [6, 6.07) is 9.00. The highest BCUT2D eigenvalue weighted by molar-refractivity contribution is 5.83. The Morgan fingerprint density at radius 1 is 1.21 bits per heavy atom. The van der Waals surface area contributed by atoms with E-state index >= 15 is 0 Å². The van der Waals surface area contributed by atoms with E-state index in [0.29, 0.717) is 6.61 Å². The van der Waals surface area contributed by atoms with Crippen LogP contribution in [-0.2, 0) is 14.3 Å². The lowest BCUT2D eigenvalue weighted by molar-refractivity contribution is -0.136. The van der Waals surface area contributed by atoms with Crippen molar-refractivity contribution in [2.75, 3.05) is 26.3 Å². The first-order chi connectivity index (χ1) is 11.7. The van der Waals surface area contributed by atoms with Gasteiger partial charge in [0.15, 0.2) is 0 Å². The molecule has 0 unspecified atom stereocenters. The Morgan fingerprint density at radius 2 is 1.96 bits per heavy atom. The van der Waals surface area contributed by atoms with Crippen molar-refractivity contribution in [3.63, 3.8) is 0 Å². The molecule has 5 nitrogen and oxygen atoms in total. The second-order valence-corrected chi connectivity index (χ2v) is 6.73. The third kappa shape index (κ3) is 4.56. The second kappa shape index (κ2) is 8.60. The highest BCUT2D eigenvalue weighted by Crippen LogP contribution is 2.20. The highest BCUT2D eigenvalue weighted by Gasteiger charge is 2.28. The number of likely N-dealkylation sites (tertiary alicyclic amines) is 1.